The van der Waals surface area contributed by atoms with Gasteiger partial charge in [0.25, 0.3) is 11.8 Å². The molecule has 0 saturated heterocycles. The lowest BCUT2D eigenvalue weighted by molar-refractivity contribution is 0.116. The van der Waals surface area contributed by atoms with Gasteiger partial charge < -0.3 is 10.2 Å². The van der Waals surface area contributed by atoms with Crippen LogP contribution < -0.4 is 5.73 Å². The fraction of sp³-hybridized carbons (Fsp3) is 0.136. The number of rotatable bonds is 7. The van der Waals surface area contributed by atoms with Gasteiger partial charge in [0.2, 0.25) is 0 Å². The van der Waals surface area contributed by atoms with Crippen molar-refractivity contribution in [3.05, 3.63) is 83.3 Å². The van der Waals surface area contributed by atoms with Crippen molar-refractivity contribution in [3.8, 4) is 22.0 Å². The Hall–Kier alpha value is -3.99. The maximum atomic E-state index is 12.8. The van der Waals surface area contributed by atoms with Crippen LogP contribution in [0.15, 0.2) is 71.4 Å². The van der Waals surface area contributed by atoms with Crippen LogP contribution in [-0.4, -0.2) is 30.2 Å². The minimum absolute atomic E-state index is 0.0623. The Morgan fingerprint density at radius 3 is 2.58 bits per heavy atom. The minimum Gasteiger partial charge on any atom is -0.414 e. The molecule has 4 aromatic heterocycles. The Bertz CT molecular complexity index is 1350. The number of thiophene rings is 1. The van der Waals surface area contributed by atoms with Crippen molar-refractivity contribution in [1.29, 1.82) is 0 Å². The predicted octanol–water partition coefficient (Wildman–Crippen LogP) is 4.80. The fourth-order valence-corrected chi connectivity index (χ4v) is 4.37. The highest BCUT2D eigenvalue weighted by atomic mass is 32.1. The van der Waals surface area contributed by atoms with Crippen LogP contribution in [-0.2, 0) is 6.42 Å². The standard InChI is InChI=1S/C22H17F2N7OS/c23-20(24)22-29-28-21(32-22)18-8-7-17(33-18)16(10-13-4-2-1-3-5-13)31-12-15(27-30-31)14-6-9-19(25)26-11-14/h1-9,11-12,16,20H,10H2,(H2,25,26)/t16-/m0/s1. The van der Waals surface area contributed by atoms with Crippen LogP contribution >= 0.6 is 11.3 Å². The number of hydrogen-bond donors (Lipinski definition) is 1. The van der Waals surface area contributed by atoms with Gasteiger partial charge in [0.1, 0.15) is 11.5 Å². The molecule has 0 fully saturated rings. The third-order valence-corrected chi connectivity index (χ3v) is 6.15. The largest absolute Gasteiger partial charge is 0.414 e. The van der Waals surface area contributed by atoms with Crippen LogP contribution in [0.2, 0.25) is 0 Å². The number of aromatic nitrogens is 6. The van der Waals surface area contributed by atoms with E-state index in [1.807, 2.05) is 48.7 Å². The van der Waals surface area contributed by atoms with E-state index in [1.165, 1.54) is 11.3 Å². The Morgan fingerprint density at radius 1 is 1.00 bits per heavy atom. The maximum absolute atomic E-state index is 12.8. The molecule has 0 saturated carbocycles. The van der Waals surface area contributed by atoms with Crippen molar-refractivity contribution in [2.24, 2.45) is 0 Å². The number of halogens is 2. The molecule has 0 amide bonds. The number of nitrogens with zero attached hydrogens (tertiary/aromatic N) is 6. The second-order valence-electron chi connectivity index (χ2n) is 7.21. The van der Waals surface area contributed by atoms with E-state index in [9.17, 15) is 8.78 Å². The molecule has 0 radical (unpaired) electrons. The first-order chi connectivity index (χ1) is 16.1. The summed E-state index contributed by atoms with van der Waals surface area (Å²) in [6.45, 7) is 0. The molecule has 0 aliphatic carbocycles. The van der Waals surface area contributed by atoms with Crippen molar-refractivity contribution in [2.75, 3.05) is 5.73 Å². The van der Waals surface area contributed by atoms with Crippen LogP contribution in [0.25, 0.3) is 22.0 Å². The van der Waals surface area contributed by atoms with Gasteiger partial charge in [-0.05, 0) is 36.2 Å². The number of nitrogen functional groups attached to an aromatic ring is 1. The average molecular weight is 465 g/mol. The van der Waals surface area contributed by atoms with Gasteiger partial charge >= 0.3 is 6.43 Å². The van der Waals surface area contributed by atoms with Gasteiger partial charge in [0.15, 0.2) is 0 Å². The summed E-state index contributed by atoms with van der Waals surface area (Å²) in [5, 5.41) is 15.8. The highest BCUT2D eigenvalue weighted by Crippen LogP contribution is 2.35. The summed E-state index contributed by atoms with van der Waals surface area (Å²) < 4.78 is 32.6. The smallest absolute Gasteiger partial charge is 0.314 e. The minimum atomic E-state index is -2.81. The Morgan fingerprint density at radius 2 is 1.85 bits per heavy atom. The highest BCUT2D eigenvalue weighted by Gasteiger charge is 2.22. The zero-order chi connectivity index (χ0) is 22.8. The zero-order valence-corrected chi connectivity index (χ0v) is 17.9. The molecule has 8 nitrogen and oxygen atoms in total. The first-order valence-electron chi connectivity index (χ1n) is 9.96. The van der Waals surface area contributed by atoms with E-state index in [4.69, 9.17) is 10.2 Å². The molecular formula is C22H17F2N7OS. The van der Waals surface area contributed by atoms with E-state index in [2.05, 4.69) is 25.5 Å². The molecule has 0 spiro atoms. The van der Waals surface area contributed by atoms with Crippen molar-refractivity contribution < 1.29 is 13.2 Å². The predicted molar refractivity (Wildman–Crippen MR) is 119 cm³/mol. The number of hydrogen-bond acceptors (Lipinski definition) is 8. The SMILES string of the molecule is Nc1ccc(-c2cn([C@@H](Cc3ccccc3)c3ccc(-c4nnc(C(F)F)o4)s3)nn2)cn1. The van der Waals surface area contributed by atoms with E-state index in [0.717, 1.165) is 16.0 Å². The van der Waals surface area contributed by atoms with Crippen LogP contribution in [0.4, 0.5) is 14.6 Å². The Balaban J connectivity index is 1.49. The van der Waals surface area contributed by atoms with Gasteiger partial charge in [-0.3, -0.25) is 0 Å². The Labute approximate surface area is 190 Å². The Kier molecular flexibility index (Phi) is 5.61. The molecule has 33 heavy (non-hydrogen) atoms. The molecule has 0 bridgehead atoms. The molecule has 1 aromatic carbocycles. The first-order valence-corrected chi connectivity index (χ1v) is 10.8. The van der Waals surface area contributed by atoms with Gasteiger partial charge in [-0.25, -0.2) is 9.67 Å². The summed E-state index contributed by atoms with van der Waals surface area (Å²) in [4.78, 5) is 5.66. The monoisotopic (exact) mass is 465 g/mol. The normalized spacial score (nSPS) is 12.3. The molecule has 11 heteroatoms. The van der Waals surface area contributed by atoms with Crippen molar-refractivity contribution in [3.63, 3.8) is 0 Å². The molecule has 5 aromatic rings. The van der Waals surface area contributed by atoms with E-state index in [0.29, 0.717) is 22.8 Å². The number of alkyl halides is 2. The topological polar surface area (TPSA) is 109 Å². The summed E-state index contributed by atoms with van der Waals surface area (Å²) >= 11 is 1.38. The summed E-state index contributed by atoms with van der Waals surface area (Å²) in [6, 6.07) is 17.0. The molecule has 0 aliphatic rings. The maximum Gasteiger partial charge on any atom is 0.314 e. The molecule has 2 N–H and O–H groups in total. The summed E-state index contributed by atoms with van der Waals surface area (Å²) in [6.07, 6.45) is 1.33. The lowest BCUT2D eigenvalue weighted by Gasteiger charge is -2.15. The van der Waals surface area contributed by atoms with Crippen molar-refractivity contribution >= 4 is 17.2 Å². The average Bonchev–Trinajstić information content (AvgIpc) is 3.59. The molecule has 1 atom stereocenters. The van der Waals surface area contributed by atoms with Gasteiger partial charge in [-0.15, -0.1) is 26.6 Å². The quantitative estimate of drug-likeness (QED) is 0.368. The molecule has 166 valence electrons. The molecule has 0 unspecified atom stereocenters. The van der Waals surface area contributed by atoms with E-state index >= 15 is 0 Å². The van der Waals surface area contributed by atoms with E-state index in [1.54, 1.807) is 23.0 Å². The van der Waals surface area contributed by atoms with Crippen LogP contribution in [0.5, 0.6) is 0 Å². The van der Waals surface area contributed by atoms with Gasteiger partial charge in [0, 0.05) is 16.6 Å². The third kappa shape index (κ3) is 4.48. The van der Waals surface area contributed by atoms with Crippen LogP contribution in [0.1, 0.15) is 28.8 Å². The fourth-order valence-electron chi connectivity index (χ4n) is 3.35. The number of anilines is 1. The van der Waals surface area contributed by atoms with E-state index in [-0.39, 0.29) is 11.9 Å². The van der Waals surface area contributed by atoms with E-state index < -0.39 is 12.3 Å². The van der Waals surface area contributed by atoms with Crippen molar-refractivity contribution in [2.45, 2.75) is 18.9 Å². The van der Waals surface area contributed by atoms with Gasteiger partial charge in [-0.2, -0.15) is 8.78 Å². The molecule has 0 aliphatic heterocycles. The summed E-state index contributed by atoms with van der Waals surface area (Å²) in [7, 11) is 0. The first kappa shape index (κ1) is 20.9. The summed E-state index contributed by atoms with van der Waals surface area (Å²) in [5.74, 6) is -0.207. The van der Waals surface area contributed by atoms with Crippen LogP contribution in [0.3, 0.4) is 0 Å². The number of pyridine rings is 1. The van der Waals surface area contributed by atoms with Crippen LogP contribution in [0, 0.1) is 0 Å². The zero-order valence-electron chi connectivity index (χ0n) is 17.0. The second kappa shape index (κ2) is 8.87. The number of nitrogens with two attached hydrogens (primary N) is 1. The third-order valence-electron chi connectivity index (χ3n) is 4.98. The molecule has 4 heterocycles. The highest BCUT2D eigenvalue weighted by molar-refractivity contribution is 7.15. The van der Waals surface area contributed by atoms with Gasteiger partial charge in [-0.1, -0.05) is 35.5 Å². The number of benzene rings is 1. The summed E-state index contributed by atoms with van der Waals surface area (Å²) in [5.41, 5.74) is 8.25. The molecular weight excluding hydrogens is 448 g/mol. The van der Waals surface area contributed by atoms with Crippen molar-refractivity contribution in [1.82, 2.24) is 30.2 Å². The molecule has 5 rings (SSSR count). The lowest BCUT2D eigenvalue weighted by atomic mass is 10.0. The lowest BCUT2D eigenvalue weighted by Crippen LogP contribution is -2.13. The van der Waals surface area contributed by atoms with Gasteiger partial charge in [0.05, 0.1) is 17.1 Å². The second-order valence-corrected chi connectivity index (χ2v) is 8.32.